The molecular weight excluding hydrogens is 214 g/mol. The Bertz CT molecular complexity index is 527. The number of carboxylic acids is 1. The first kappa shape index (κ1) is 10.4. The van der Waals surface area contributed by atoms with E-state index in [0.29, 0.717) is 12.3 Å². The topological polar surface area (TPSA) is 125 Å². The van der Waals surface area contributed by atoms with Gasteiger partial charge in [0.2, 0.25) is 5.56 Å². The van der Waals surface area contributed by atoms with Crippen molar-refractivity contribution in [2.45, 2.75) is 4.90 Å². The van der Waals surface area contributed by atoms with Crippen molar-refractivity contribution in [1.29, 1.82) is 0 Å². The lowest BCUT2D eigenvalue weighted by Crippen LogP contribution is -2.15. The van der Waals surface area contributed by atoms with E-state index >= 15 is 0 Å². The van der Waals surface area contributed by atoms with Gasteiger partial charge in [-0.05, 0) is 0 Å². The van der Waals surface area contributed by atoms with Gasteiger partial charge in [-0.25, -0.2) is 4.79 Å². The molecule has 0 saturated heterocycles. The number of pyridine rings is 1. The predicted molar refractivity (Wildman–Crippen MR) is 43.8 cm³/mol. The van der Waals surface area contributed by atoms with Gasteiger partial charge in [-0.3, -0.25) is 9.35 Å². The van der Waals surface area contributed by atoms with E-state index < -0.39 is 32.1 Å². The van der Waals surface area contributed by atoms with Gasteiger partial charge in [0.05, 0.1) is 5.56 Å². The van der Waals surface area contributed by atoms with E-state index in [0.717, 1.165) is 0 Å². The van der Waals surface area contributed by atoms with Crippen molar-refractivity contribution in [3.05, 3.63) is 28.2 Å². The number of rotatable bonds is 2. The molecule has 0 saturated carbocycles. The zero-order valence-corrected chi connectivity index (χ0v) is 7.41. The third-order valence-electron chi connectivity index (χ3n) is 1.39. The molecule has 0 bridgehead atoms. The van der Waals surface area contributed by atoms with Gasteiger partial charge in [0.15, 0.2) is 0 Å². The Morgan fingerprint density at radius 2 is 2.00 bits per heavy atom. The van der Waals surface area contributed by atoms with Crippen molar-refractivity contribution in [3.63, 3.8) is 0 Å². The van der Waals surface area contributed by atoms with Gasteiger partial charge in [-0.1, -0.05) is 0 Å². The van der Waals surface area contributed by atoms with Crippen molar-refractivity contribution in [3.8, 4) is 0 Å². The summed E-state index contributed by atoms with van der Waals surface area (Å²) in [6, 6.07) is 0.575. The molecule has 3 N–H and O–H groups in total. The van der Waals surface area contributed by atoms with Crippen LogP contribution in [-0.2, 0) is 10.1 Å². The number of aromatic carboxylic acids is 1. The highest BCUT2D eigenvalue weighted by molar-refractivity contribution is 7.86. The number of nitrogens with one attached hydrogen (secondary N) is 1. The number of carbonyl (C=O) groups is 1. The predicted octanol–water partition coefficient (Wildman–Crippen LogP) is -0.680. The third-order valence-corrected chi connectivity index (χ3v) is 2.29. The molecule has 7 nitrogen and oxygen atoms in total. The van der Waals surface area contributed by atoms with Crippen LogP contribution in [0.1, 0.15) is 10.4 Å². The molecule has 1 heterocycles. The van der Waals surface area contributed by atoms with Crippen LogP contribution < -0.4 is 5.56 Å². The summed E-state index contributed by atoms with van der Waals surface area (Å²) in [5, 5.41) is 8.53. The molecule has 14 heavy (non-hydrogen) atoms. The molecule has 0 fully saturated rings. The van der Waals surface area contributed by atoms with Crippen LogP contribution in [0.5, 0.6) is 0 Å². The smallest absolute Gasteiger partial charge is 0.337 e. The quantitative estimate of drug-likeness (QED) is 0.566. The first-order chi connectivity index (χ1) is 6.32. The number of hydrogen-bond acceptors (Lipinski definition) is 4. The van der Waals surface area contributed by atoms with Crippen LogP contribution in [-0.4, -0.2) is 29.0 Å². The second kappa shape index (κ2) is 3.24. The molecule has 0 aromatic carbocycles. The van der Waals surface area contributed by atoms with Crippen LogP contribution in [0.3, 0.4) is 0 Å². The van der Waals surface area contributed by atoms with Crippen LogP contribution in [0.15, 0.2) is 22.0 Å². The van der Waals surface area contributed by atoms with Crippen molar-refractivity contribution < 1.29 is 22.9 Å². The molecular formula is C6H5NO6S. The third kappa shape index (κ3) is 1.98. The monoisotopic (exact) mass is 219 g/mol. The summed E-state index contributed by atoms with van der Waals surface area (Å²) in [6.07, 6.45) is 0.626. The van der Waals surface area contributed by atoms with Gasteiger partial charge in [0, 0.05) is 12.3 Å². The van der Waals surface area contributed by atoms with Crippen LogP contribution in [0, 0.1) is 0 Å². The second-order valence-electron chi connectivity index (χ2n) is 2.36. The maximum atomic E-state index is 10.7. The van der Waals surface area contributed by atoms with E-state index in [9.17, 15) is 18.0 Å². The van der Waals surface area contributed by atoms with Gasteiger partial charge in [0.1, 0.15) is 4.90 Å². The Morgan fingerprint density at radius 1 is 1.43 bits per heavy atom. The van der Waals surface area contributed by atoms with Crippen molar-refractivity contribution in [1.82, 2.24) is 4.98 Å². The highest BCUT2D eigenvalue weighted by Gasteiger charge is 2.20. The highest BCUT2D eigenvalue weighted by atomic mass is 32.2. The molecule has 0 aliphatic carbocycles. The Kier molecular flexibility index (Phi) is 2.41. The fourth-order valence-electron chi connectivity index (χ4n) is 0.839. The van der Waals surface area contributed by atoms with Crippen molar-refractivity contribution in [2.24, 2.45) is 0 Å². The summed E-state index contributed by atoms with van der Waals surface area (Å²) in [5.74, 6) is -1.61. The minimum Gasteiger partial charge on any atom is -0.478 e. The summed E-state index contributed by atoms with van der Waals surface area (Å²) in [7, 11) is -4.65. The number of hydrogen-bond donors (Lipinski definition) is 3. The molecule has 0 atom stereocenters. The maximum Gasteiger partial charge on any atom is 0.337 e. The zero-order chi connectivity index (χ0) is 10.9. The molecule has 76 valence electrons. The molecule has 1 aromatic heterocycles. The van der Waals surface area contributed by atoms with E-state index in [1.165, 1.54) is 0 Å². The van der Waals surface area contributed by atoms with Crippen LogP contribution >= 0.6 is 0 Å². The van der Waals surface area contributed by atoms with Gasteiger partial charge < -0.3 is 10.1 Å². The Hall–Kier alpha value is -1.67. The Balaban J connectivity index is 3.61. The lowest BCUT2D eigenvalue weighted by molar-refractivity contribution is 0.0692. The first-order valence-corrected chi connectivity index (χ1v) is 4.70. The van der Waals surface area contributed by atoms with Crippen molar-refractivity contribution in [2.75, 3.05) is 0 Å². The molecule has 8 heteroatoms. The number of carboxylic acid groups (broad SMARTS) is 1. The molecule has 1 rings (SSSR count). The summed E-state index contributed by atoms with van der Waals surface area (Å²) >= 11 is 0. The fourth-order valence-corrected chi connectivity index (χ4v) is 1.47. The molecule has 0 aliphatic heterocycles. The van der Waals surface area contributed by atoms with Gasteiger partial charge >= 0.3 is 5.97 Å². The standard InChI is InChI=1S/C6H5NO6S/c8-5-1-3(6(9)10)4(2-7-5)14(11,12)13/h1-2H,(H,7,8)(H,9,10)(H,11,12,13). The fraction of sp³-hybridized carbons (Fsp3) is 0. The summed E-state index contributed by atoms with van der Waals surface area (Å²) in [5.41, 5.74) is -1.54. The number of aromatic nitrogens is 1. The normalized spacial score (nSPS) is 11.2. The van der Waals surface area contributed by atoms with E-state index in [4.69, 9.17) is 9.66 Å². The zero-order valence-electron chi connectivity index (χ0n) is 6.59. The van der Waals surface area contributed by atoms with Gasteiger partial charge in [0.25, 0.3) is 10.1 Å². The minimum absolute atomic E-state index is 0.575. The first-order valence-electron chi connectivity index (χ1n) is 3.26. The van der Waals surface area contributed by atoms with Crippen LogP contribution in [0.4, 0.5) is 0 Å². The maximum absolute atomic E-state index is 10.7. The molecule has 0 unspecified atom stereocenters. The molecule has 0 spiro atoms. The van der Waals surface area contributed by atoms with E-state index in [1.54, 1.807) is 0 Å². The second-order valence-corrected chi connectivity index (χ2v) is 3.75. The molecule has 1 aromatic rings. The summed E-state index contributed by atoms with van der Waals surface area (Å²) in [6.45, 7) is 0. The number of H-pyrrole nitrogens is 1. The van der Waals surface area contributed by atoms with Crippen LogP contribution in [0.2, 0.25) is 0 Å². The van der Waals surface area contributed by atoms with E-state index in [2.05, 4.69) is 0 Å². The average molecular weight is 219 g/mol. The number of aromatic amines is 1. The SMILES string of the molecule is O=C(O)c1cc(=O)[nH]cc1S(=O)(=O)O. The Labute approximate surface area is 77.8 Å². The summed E-state index contributed by atoms with van der Waals surface area (Å²) < 4.78 is 29.9. The Morgan fingerprint density at radius 3 is 2.43 bits per heavy atom. The van der Waals surface area contributed by atoms with E-state index in [-0.39, 0.29) is 0 Å². The highest BCUT2D eigenvalue weighted by Crippen LogP contribution is 2.11. The van der Waals surface area contributed by atoms with Gasteiger partial charge in [-0.2, -0.15) is 8.42 Å². The molecule has 0 amide bonds. The molecule has 0 aliphatic rings. The van der Waals surface area contributed by atoms with E-state index in [1.807, 2.05) is 4.98 Å². The lowest BCUT2D eigenvalue weighted by atomic mass is 10.3. The van der Waals surface area contributed by atoms with Crippen molar-refractivity contribution >= 4 is 16.1 Å². The minimum atomic E-state index is -4.65. The summed E-state index contributed by atoms with van der Waals surface area (Å²) in [4.78, 5) is 22.3. The largest absolute Gasteiger partial charge is 0.478 e. The molecule has 0 radical (unpaired) electrons. The van der Waals surface area contributed by atoms with Gasteiger partial charge in [-0.15, -0.1) is 0 Å². The average Bonchev–Trinajstić information content (AvgIpc) is 2.01. The van der Waals surface area contributed by atoms with Crippen LogP contribution in [0.25, 0.3) is 0 Å². The lowest BCUT2D eigenvalue weighted by Gasteiger charge is -2.00.